The van der Waals surface area contributed by atoms with Gasteiger partial charge in [0.15, 0.2) is 0 Å². The first-order chi connectivity index (χ1) is 8.16. The quantitative estimate of drug-likeness (QED) is 0.860. The number of thioether (sulfide) groups is 1. The van der Waals surface area contributed by atoms with Gasteiger partial charge in [0.05, 0.1) is 0 Å². The SMILES string of the molecule is Cc1ccc(CS[C@@H]2CCN[C@H]2C(=O)O)cc1. The van der Waals surface area contributed by atoms with E-state index in [1.54, 1.807) is 11.8 Å². The molecule has 0 unspecified atom stereocenters. The summed E-state index contributed by atoms with van der Waals surface area (Å²) in [5.74, 6) is 0.153. The number of carboxylic acid groups (broad SMARTS) is 1. The third kappa shape index (κ3) is 3.23. The molecule has 0 bridgehead atoms. The van der Waals surface area contributed by atoms with E-state index in [4.69, 9.17) is 5.11 Å². The molecule has 1 fully saturated rings. The van der Waals surface area contributed by atoms with E-state index >= 15 is 0 Å². The highest BCUT2D eigenvalue weighted by atomic mass is 32.2. The van der Waals surface area contributed by atoms with Crippen LogP contribution in [0.1, 0.15) is 17.5 Å². The van der Waals surface area contributed by atoms with Crippen molar-refractivity contribution < 1.29 is 9.90 Å². The van der Waals surface area contributed by atoms with Crippen LogP contribution in [-0.4, -0.2) is 28.9 Å². The van der Waals surface area contributed by atoms with Gasteiger partial charge in [-0.3, -0.25) is 4.79 Å². The first kappa shape index (κ1) is 12.5. The molecule has 1 heterocycles. The van der Waals surface area contributed by atoms with Gasteiger partial charge in [0.2, 0.25) is 0 Å². The Morgan fingerprint density at radius 1 is 1.47 bits per heavy atom. The molecule has 2 atom stereocenters. The molecule has 1 aliphatic heterocycles. The van der Waals surface area contributed by atoms with Crippen molar-refractivity contribution in [2.45, 2.75) is 30.4 Å². The van der Waals surface area contributed by atoms with Crippen LogP contribution in [0.15, 0.2) is 24.3 Å². The van der Waals surface area contributed by atoms with Gasteiger partial charge in [-0.1, -0.05) is 29.8 Å². The third-order valence-corrected chi connectivity index (χ3v) is 4.45. The smallest absolute Gasteiger partial charge is 0.321 e. The largest absolute Gasteiger partial charge is 0.480 e. The molecule has 1 aromatic rings. The Balaban J connectivity index is 1.89. The number of benzene rings is 1. The van der Waals surface area contributed by atoms with E-state index in [0.717, 1.165) is 18.7 Å². The molecule has 2 N–H and O–H groups in total. The Morgan fingerprint density at radius 3 is 2.82 bits per heavy atom. The predicted molar refractivity (Wildman–Crippen MR) is 70.3 cm³/mol. The number of carboxylic acids is 1. The van der Waals surface area contributed by atoms with Crippen molar-refractivity contribution in [3.63, 3.8) is 0 Å². The topological polar surface area (TPSA) is 49.3 Å². The summed E-state index contributed by atoms with van der Waals surface area (Å²) >= 11 is 1.74. The molecule has 3 nitrogen and oxygen atoms in total. The molecule has 4 heteroatoms. The number of carbonyl (C=O) groups is 1. The van der Waals surface area contributed by atoms with Crippen molar-refractivity contribution in [1.29, 1.82) is 0 Å². The van der Waals surface area contributed by atoms with Crippen LogP contribution in [0.3, 0.4) is 0 Å². The molecular formula is C13H17NO2S. The number of aliphatic carboxylic acids is 1. The average molecular weight is 251 g/mol. The minimum absolute atomic E-state index is 0.189. The fraction of sp³-hybridized carbons (Fsp3) is 0.462. The van der Waals surface area contributed by atoms with E-state index < -0.39 is 5.97 Å². The zero-order valence-electron chi connectivity index (χ0n) is 9.85. The lowest BCUT2D eigenvalue weighted by Gasteiger charge is -2.14. The number of aryl methyl sites for hydroxylation is 1. The number of hydrogen-bond acceptors (Lipinski definition) is 3. The molecule has 2 rings (SSSR count). The van der Waals surface area contributed by atoms with Crippen molar-refractivity contribution in [1.82, 2.24) is 5.32 Å². The molecule has 0 saturated carbocycles. The Hall–Kier alpha value is -1.00. The second-order valence-electron chi connectivity index (χ2n) is 4.39. The van der Waals surface area contributed by atoms with E-state index in [2.05, 4.69) is 36.5 Å². The van der Waals surface area contributed by atoms with Crippen LogP contribution in [0.2, 0.25) is 0 Å². The lowest BCUT2D eigenvalue weighted by atomic mass is 10.2. The maximum absolute atomic E-state index is 11.0. The highest BCUT2D eigenvalue weighted by Gasteiger charge is 2.32. The van der Waals surface area contributed by atoms with Crippen LogP contribution in [-0.2, 0) is 10.5 Å². The van der Waals surface area contributed by atoms with Crippen molar-refractivity contribution in [2.24, 2.45) is 0 Å². The average Bonchev–Trinajstić information content (AvgIpc) is 2.76. The van der Waals surface area contributed by atoms with E-state index in [0.29, 0.717) is 0 Å². The first-order valence-electron chi connectivity index (χ1n) is 5.80. The summed E-state index contributed by atoms with van der Waals surface area (Å²) in [6.07, 6.45) is 0.938. The van der Waals surface area contributed by atoms with E-state index in [1.165, 1.54) is 11.1 Å². The third-order valence-electron chi connectivity index (χ3n) is 3.02. The zero-order valence-corrected chi connectivity index (χ0v) is 10.7. The lowest BCUT2D eigenvalue weighted by molar-refractivity contribution is -0.138. The molecule has 0 aromatic heterocycles. The van der Waals surface area contributed by atoms with Gasteiger partial charge in [-0.25, -0.2) is 0 Å². The Morgan fingerprint density at radius 2 is 2.18 bits per heavy atom. The summed E-state index contributed by atoms with van der Waals surface area (Å²) in [6, 6.07) is 8.03. The monoisotopic (exact) mass is 251 g/mol. The standard InChI is InChI=1S/C13H17NO2S/c1-9-2-4-10(5-3-9)8-17-11-6-7-14-12(11)13(15)16/h2-5,11-12,14H,6-8H2,1H3,(H,15,16)/t11-,12-/m1/s1. The van der Waals surface area contributed by atoms with Gasteiger partial charge in [-0.05, 0) is 25.5 Å². The zero-order chi connectivity index (χ0) is 12.3. The summed E-state index contributed by atoms with van der Waals surface area (Å²) in [5, 5.41) is 12.3. The maximum Gasteiger partial charge on any atom is 0.321 e. The van der Waals surface area contributed by atoms with Gasteiger partial charge in [-0.2, -0.15) is 11.8 Å². The normalized spacial score (nSPS) is 23.8. The Kier molecular flexibility index (Phi) is 4.07. The lowest BCUT2D eigenvalue weighted by Crippen LogP contribution is -2.36. The van der Waals surface area contributed by atoms with Crippen molar-refractivity contribution in [2.75, 3.05) is 6.54 Å². The predicted octanol–water partition coefficient (Wildman–Crippen LogP) is 2.04. The molecule has 0 amide bonds. The van der Waals surface area contributed by atoms with Crippen molar-refractivity contribution in [3.8, 4) is 0 Å². The van der Waals surface area contributed by atoms with Gasteiger partial charge in [0.25, 0.3) is 0 Å². The molecule has 92 valence electrons. The molecular weight excluding hydrogens is 234 g/mol. The highest BCUT2D eigenvalue weighted by Crippen LogP contribution is 2.26. The van der Waals surface area contributed by atoms with Crippen LogP contribution < -0.4 is 5.32 Å². The van der Waals surface area contributed by atoms with E-state index in [9.17, 15) is 4.79 Å². The van der Waals surface area contributed by atoms with Gasteiger partial charge in [0, 0.05) is 11.0 Å². The molecule has 1 aromatic carbocycles. The van der Waals surface area contributed by atoms with Gasteiger partial charge in [0.1, 0.15) is 6.04 Å². The summed E-state index contributed by atoms with van der Waals surface area (Å²) < 4.78 is 0. The maximum atomic E-state index is 11.0. The fourth-order valence-electron chi connectivity index (χ4n) is 1.99. The Labute approximate surface area is 106 Å². The minimum Gasteiger partial charge on any atom is -0.480 e. The van der Waals surface area contributed by atoms with Crippen LogP contribution in [0.25, 0.3) is 0 Å². The summed E-state index contributed by atoms with van der Waals surface area (Å²) in [5.41, 5.74) is 2.52. The minimum atomic E-state index is -0.732. The van der Waals surface area contributed by atoms with Crippen molar-refractivity contribution in [3.05, 3.63) is 35.4 Å². The summed E-state index contributed by atoms with van der Waals surface area (Å²) in [4.78, 5) is 11.0. The summed E-state index contributed by atoms with van der Waals surface area (Å²) in [6.45, 7) is 2.88. The van der Waals surface area contributed by atoms with Crippen LogP contribution in [0.5, 0.6) is 0 Å². The molecule has 0 spiro atoms. The first-order valence-corrected chi connectivity index (χ1v) is 6.85. The second-order valence-corrected chi connectivity index (χ2v) is 5.62. The molecule has 0 radical (unpaired) electrons. The van der Waals surface area contributed by atoms with Gasteiger partial charge in [-0.15, -0.1) is 0 Å². The van der Waals surface area contributed by atoms with Crippen molar-refractivity contribution >= 4 is 17.7 Å². The number of hydrogen-bond donors (Lipinski definition) is 2. The second kappa shape index (κ2) is 5.56. The van der Waals surface area contributed by atoms with Gasteiger partial charge >= 0.3 is 5.97 Å². The number of rotatable bonds is 4. The molecule has 1 saturated heterocycles. The molecule has 1 aliphatic rings. The van der Waals surface area contributed by atoms with Crippen LogP contribution in [0.4, 0.5) is 0 Å². The number of nitrogens with one attached hydrogen (secondary N) is 1. The summed E-state index contributed by atoms with van der Waals surface area (Å²) in [7, 11) is 0. The molecule has 17 heavy (non-hydrogen) atoms. The highest BCUT2D eigenvalue weighted by molar-refractivity contribution is 7.99. The Bertz CT molecular complexity index is 391. The van der Waals surface area contributed by atoms with E-state index in [-0.39, 0.29) is 11.3 Å². The van der Waals surface area contributed by atoms with Crippen LogP contribution in [0, 0.1) is 6.92 Å². The molecule has 0 aliphatic carbocycles. The van der Waals surface area contributed by atoms with Crippen LogP contribution >= 0.6 is 11.8 Å². The fourth-order valence-corrected chi connectivity index (χ4v) is 3.28. The van der Waals surface area contributed by atoms with E-state index in [1.807, 2.05) is 0 Å². The van der Waals surface area contributed by atoms with Gasteiger partial charge < -0.3 is 10.4 Å².